The van der Waals surface area contributed by atoms with Gasteiger partial charge in [0.15, 0.2) is 0 Å². The third-order valence-corrected chi connectivity index (χ3v) is 10.7. The van der Waals surface area contributed by atoms with Gasteiger partial charge in [-0.2, -0.15) is 0 Å². The van der Waals surface area contributed by atoms with E-state index in [2.05, 4.69) is 43.5 Å². The highest BCUT2D eigenvalue weighted by Crippen LogP contribution is 2.52. The van der Waals surface area contributed by atoms with Crippen LogP contribution in [-0.2, 0) is 0 Å². The fourth-order valence-electron chi connectivity index (χ4n) is 8.33. The minimum Gasteiger partial charge on any atom is -0.111 e. The lowest BCUT2D eigenvalue weighted by Gasteiger charge is -2.47. The highest BCUT2D eigenvalue weighted by atomic mass is 31.0. The molecule has 32 heavy (non-hydrogen) atoms. The SMILES string of the molecule is C=C(P)CC1CC(C(C)(C)CC2CCCCCC2)CCCC(C(C)(C)C2CCCCC2)C1. The molecule has 0 aromatic rings. The van der Waals surface area contributed by atoms with E-state index in [1.807, 2.05) is 0 Å². The van der Waals surface area contributed by atoms with Crippen molar-refractivity contribution in [3.63, 3.8) is 0 Å². The molecule has 0 nitrogen and oxygen atoms in total. The summed E-state index contributed by atoms with van der Waals surface area (Å²) >= 11 is 0. The van der Waals surface area contributed by atoms with Crippen molar-refractivity contribution >= 4 is 9.24 Å². The Morgan fingerprint density at radius 3 is 1.78 bits per heavy atom. The summed E-state index contributed by atoms with van der Waals surface area (Å²) < 4.78 is 0. The highest BCUT2D eigenvalue weighted by molar-refractivity contribution is 7.22. The molecule has 0 N–H and O–H groups in total. The van der Waals surface area contributed by atoms with E-state index in [1.54, 1.807) is 0 Å². The average Bonchev–Trinajstić information content (AvgIpc) is 2.98. The standard InChI is InChI=1S/C31H57P/c1-24(32)20-26-21-28(30(2,3)23-25-14-9-6-7-10-15-25)18-13-19-29(22-26)31(4,5)27-16-11-8-12-17-27/h25-29H,1,6-23,32H2,2-5H3. The van der Waals surface area contributed by atoms with Crippen molar-refractivity contribution in [3.8, 4) is 0 Å². The molecule has 0 aromatic heterocycles. The fraction of sp³-hybridized carbons (Fsp3) is 0.935. The van der Waals surface area contributed by atoms with Crippen LogP contribution >= 0.6 is 9.24 Å². The molecule has 3 aliphatic carbocycles. The predicted molar refractivity (Wildman–Crippen MR) is 147 cm³/mol. The maximum Gasteiger partial charge on any atom is -0.0257 e. The molecule has 1 heteroatoms. The molecule has 4 atom stereocenters. The molecule has 186 valence electrons. The average molecular weight is 461 g/mol. The van der Waals surface area contributed by atoms with Gasteiger partial charge in [0.1, 0.15) is 0 Å². The Labute approximate surface area is 204 Å². The smallest absolute Gasteiger partial charge is 0.0257 e. The van der Waals surface area contributed by atoms with Crippen molar-refractivity contribution in [2.75, 3.05) is 0 Å². The molecule has 4 unspecified atom stereocenters. The Hall–Kier alpha value is 0.170. The molecule has 0 spiro atoms. The van der Waals surface area contributed by atoms with Crippen LogP contribution in [0.1, 0.15) is 143 Å². The van der Waals surface area contributed by atoms with Crippen molar-refractivity contribution in [2.24, 2.45) is 40.4 Å². The van der Waals surface area contributed by atoms with Crippen LogP contribution in [0, 0.1) is 40.4 Å². The lowest BCUT2D eigenvalue weighted by Crippen LogP contribution is -2.37. The summed E-state index contributed by atoms with van der Waals surface area (Å²) in [6, 6.07) is 0. The molecular formula is C31H57P. The van der Waals surface area contributed by atoms with Crippen LogP contribution in [0.2, 0.25) is 0 Å². The second-order valence-corrected chi connectivity index (χ2v) is 14.5. The first-order valence-corrected chi connectivity index (χ1v) is 15.2. The van der Waals surface area contributed by atoms with Crippen molar-refractivity contribution in [2.45, 2.75) is 143 Å². The van der Waals surface area contributed by atoms with Crippen molar-refractivity contribution in [1.82, 2.24) is 0 Å². The quantitative estimate of drug-likeness (QED) is 0.262. The Kier molecular flexibility index (Phi) is 10.2. The molecule has 0 saturated heterocycles. The molecule has 0 radical (unpaired) electrons. The predicted octanol–water partition coefficient (Wildman–Crippen LogP) is 10.6. The summed E-state index contributed by atoms with van der Waals surface area (Å²) in [6.45, 7) is 14.9. The van der Waals surface area contributed by atoms with Gasteiger partial charge >= 0.3 is 0 Å². The van der Waals surface area contributed by atoms with E-state index in [1.165, 1.54) is 121 Å². The lowest BCUT2D eigenvalue weighted by molar-refractivity contribution is 0.0331. The molecule has 0 aromatic carbocycles. The molecule has 3 fully saturated rings. The second-order valence-electron chi connectivity index (χ2n) is 13.7. The van der Waals surface area contributed by atoms with E-state index >= 15 is 0 Å². The third kappa shape index (κ3) is 7.59. The van der Waals surface area contributed by atoms with E-state index in [9.17, 15) is 0 Å². The molecule has 0 heterocycles. The summed E-state index contributed by atoms with van der Waals surface area (Å²) in [5, 5.41) is 1.34. The van der Waals surface area contributed by atoms with Crippen LogP contribution in [-0.4, -0.2) is 0 Å². The van der Waals surface area contributed by atoms with Crippen molar-refractivity contribution < 1.29 is 0 Å². The molecule has 3 rings (SSSR count). The fourth-order valence-corrected chi connectivity index (χ4v) is 8.66. The van der Waals surface area contributed by atoms with Crippen LogP contribution in [0.25, 0.3) is 0 Å². The zero-order valence-corrected chi connectivity index (χ0v) is 23.6. The maximum atomic E-state index is 4.33. The summed E-state index contributed by atoms with van der Waals surface area (Å²) in [5.41, 5.74) is 1.02. The number of allylic oxidation sites excluding steroid dienone is 1. The minimum atomic E-state index is 0.501. The van der Waals surface area contributed by atoms with E-state index in [0.717, 1.165) is 29.6 Å². The van der Waals surface area contributed by atoms with Gasteiger partial charge in [-0.15, -0.1) is 9.24 Å². The van der Waals surface area contributed by atoms with Crippen molar-refractivity contribution in [3.05, 3.63) is 11.9 Å². The van der Waals surface area contributed by atoms with Gasteiger partial charge in [0, 0.05) is 0 Å². The van der Waals surface area contributed by atoms with Gasteiger partial charge in [-0.05, 0) is 91.8 Å². The van der Waals surface area contributed by atoms with Gasteiger partial charge in [-0.1, -0.05) is 104 Å². The Morgan fingerprint density at radius 1 is 0.656 bits per heavy atom. The van der Waals surface area contributed by atoms with E-state index < -0.39 is 0 Å². The summed E-state index contributed by atoms with van der Waals surface area (Å²) in [5.74, 6) is 4.60. The largest absolute Gasteiger partial charge is 0.111 e. The Morgan fingerprint density at radius 2 is 1.16 bits per heavy atom. The highest BCUT2D eigenvalue weighted by Gasteiger charge is 2.41. The summed E-state index contributed by atoms with van der Waals surface area (Å²) in [6.07, 6.45) is 26.4. The topological polar surface area (TPSA) is 0 Å². The van der Waals surface area contributed by atoms with Crippen molar-refractivity contribution in [1.29, 1.82) is 0 Å². The van der Waals surface area contributed by atoms with E-state index in [-0.39, 0.29) is 0 Å². The van der Waals surface area contributed by atoms with Gasteiger partial charge in [-0.25, -0.2) is 0 Å². The zero-order chi connectivity index (χ0) is 23.2. The van der Waals surface area contributed by atoms with Crippen LogP contribution in [0.15, 0.2) is 11.9 Å². The first-order chi connectivity index (χ1) is 15.2. The molecule has 0 amide bonds. The first kappa shape index (κ1) is 26.8. The number of hydrogen-bond donors (Lipinski definition) is 0. The third-order valence-electron chi connectivity index (χ3n) is 10.5. The summed E-state index contributed by atoms with van der Waals surface area (Å²) in [7, 11) is 2.94. The number of rotatable bonds is 7. The van der Waals surface area contributed by atoms with Crippen LogP contribution in [0.3, 0.4) is 0 Å². The molecular weight excluding hydrogens is 403 g/mol. The van der Waals surface area contributed by atoms with Gasteiger partial charge in [-0.3, -0.25) is 0 Å². The number of hydrogen-bond acceptors (Lipinski definition) is 0. The molecule has 3 saturated carbocycles. The van der Waals surface area contributed by atoms with E-state index in [0.29, 0.717) is 10.8 Å². The van der Waals surface area contributed by atoms with Gasteiger partial charge < -0.3 is 0 Å². The normalized spacial score (nSPS) is 30.3. The summed E-state index contributed by atoms with van der Waals surface area (Å²) in [4.78, 5) is 0. The Balaban J connectivity index is 1.68. The minimum absolute atomic E-state index is 0.501. The monoisotopic (exact) mass is 460 g/mol. The molecule has 3 aliphatic rings. The molecule has 0 aliphatic heterocycles. The lowest BCUT2D eigenvalue weighted by atomic mass is 9.58. The van der Waals surface area contributed by atoms with Crippen LogP contribution < -0.4 is 0 Å². The first-order valence-electron chi connectivity index (χ1n) is 14.6. The second kappa shape index (κ2) is 12.2. The van der Waals surface area contributed by atoms with Crippen LogP contribution in [0.5, 0.6) is 0 Å². The maximum absolute atomic E-state index is 4.33. The van der Waals surface area contributed by atoms with Gasteiger partial charge in [0.25, 0.3) is 0 Å². The van der Waals surface area contributed by atoms with Crippen LogP contribution in [0.4, 0.5) is 0 Å². The van der Waals surface area contributed by atoms with Gasteiger partial charge in [0.2, 0.25) is 0 Å². The van der Waals surface area contributed by atoms with E-state index in [4.69, 9.17) is 0 Å². The Bertz CT molecular complexity index is 559. The van der Waals surface area contributed by atoms with Gasteiger partial charge in [0.05, 0.1) is 0 Å². The zero-order valence-electron chi connectivity index (χ0n) is 22.4. The molecule has 0 bridgehead atoms.